The summed E-state index contributed by atoms with van der Waals surface area (Å²) in [6, 6.07) is 16.6. The van der Waals surface area contributed by atoms with Crippen molar-refractivity contribution in [1.82, 2.24) is 0 Å². The second-order valence-corrected chi connectivity index (χ2v) is 19.2. The number of fused-ring (bicyclic) bond motifs is 3. The van der Waals surface area contributed by atoms with Gasteiger partial charge in [0, 0.05) is 5.02 Å². The second-order valence-electron chi connectivity index (χ2n) is 18.8. The van der Waals surface area contributed by atoms with E-state index < -0.39 is 0 Å². The van der Waals surface area contributed by atoms with Crippen LogP contribution in [-0.4, -0.2) is 0 Å². The summed E-state index contributed by atoms with van der Waals surface area (Å²) in [6.45, 7) is 32.3. The van der Waals surface area contributed by atoms with Crippen molar-refractivity contribution in [2.75, 3.05) is 0 Å². The van der Waals surface area contributed by atoms with Gasteiger partial charge in [0.15, 0.2) is 0 Å². The number of hydrogen-bond donors (Lipinski definition) is 0. The molecule has 0 nitrogen and oxygen atoms in total. The van der Waals surface area contributed by atoms with Crippen LogP contribution in [-0.2, 0) is 16.2 Å². The normalized spacial score (nSPS) is 19.2. The minimum atomic E-state index is -0.139. The van der Waals surface area contributed by atoms with Gasteiger partial charge in [0.2, 0.25) is 0 Å². The maximum absolute atomic E-state index is 13.0. The SMILES string of the molecule is CC(C)(C)C1CC2CCC1CC2.Cc1cc(Cl)cc(C(C)(C)C)c1.Cc1cc(F)cc(C(C)(C)C)c1.Cc1cc(F)cc(C(C)(C)C)c1. The van der Waals surface area contributed by atoms with Gasteiger partial charge in [0.1, 0.15) is 11.6 Å². The van der Waals surface area contributed by atoms with Crippen molar-refractivity contribution in [3.63, 3.8) is 0 Å². The zero-order chi connectivity index (χ0) is 36.8. The maximum Gasteiger partial charge on any atom is 0.123 e. The molecule has 0 radical (unpaired) electrons. The Morgan fingerprint density at radius 2 is 0.854 bits per heavy atom. The first-order chi connectivity index (χ1) is 21.8. The lowest BCUT2D eigenvalue weighted by Gasteiger charge is -2.48. The molecule has 268 valence electrons. The number of hydrogen-bond acceptors (Lipinski definition) is 0. The predicted octanol–water partition coefficient (Wildman–Crippen LogP) is 14.7. The van der Waals surface area contributed by atoms with Crippen LogP contribution in [0.4, 0.5) is 8.78 Å². The van der Waals surface area contributed by atoms with Crippen LogP contribution in [0.5, 0.6) is 0 Å². The van der Waals surface area contributed by atoms with Crippen molar-refractivity contribution in [2.45, 2.75) is 152 Å². The lowest BCUT2D eigenvalue weighted by atomic mass is 9.57. The van der Waals surface area contributed by atoms with Crippen LogP contribution >= 0.6 is 11.6 Å². The molecule has 0 N–H and O–H groups in total. The van der Waals surface area contributed by atoms with Crippen LogP contribution in [0, 0.1) is 55.6 Å². The van der Waals surface area contributed by atoms with Gasteiger partial charge in [0.25, 0.3) is 0 Å². The van der Waals surface area contributed by atoms with E-state index in [2.05, 4.69) is 96.1 Å². The zero-order valence-corrected chi connectivity index (χ0v) is 33.9. The number of halogens is 3. The Balaban J connectivity index is 0.000000222. The van der Waals surface area contributed by atoms with E-state index in [9.17, 15) is 8.78 Å². The summed E-state index contributed by atoms with van der Waals surface area (Å²) in [4.78, 5) is 0. The van der Waals surface area contributed by atoms with Gasteiger partial charge < -0.3 is 0 Å². The maximum atomic E-state index is 13.0. The highest BCUT2D eigenvalue weighted by Crippen LogP contribution is 2.51. The first-order valence-electron chi connectivity index (χ1n) is 18.1. The molecule has 3 aliphatic rings. The molecule has 3 fully saturated rings. The quantitative estimate of drug-likeness (QED) is 0.222. The third kappa shape index (κ3) is 14.0. The van der Waals surface area contributed by atoms with Crippen LogP contribution < -0.4 is 0 Å². The van der Waals surface area contributed by atoms with Crippen LogP contribution in [0.2, 0.25) is 5.02 Å². The van der Waals surface area contributed by atoms with Crippen molar-refractivity contribution in [3.8, 4) is 0 Å². The summed E-state index contributed by atoms with van der Waals surface area (Å²) < 4.78 is 25.9. The highest BCUT2D eigenvalue weighted by molar-refractivity contribution is 6.30. The molecule has 6 rings (SSSR count). The minimum absolute atomic E-state index is 0.0346. The van der Waals surface area contributed by atoms with E-state index in [1.54, 1.807) is 24.3 Å². The molecule has 0 spiro atoms. The molecule has 3 aliphatic carbocycles. The minimum Gasteiger partial charge on any atom is -0.207 e. The van der Waals surface area contributed by atoms with E-state index in [4.69, 9.17) is 11.6 Å². The zero-order valence-electron chi connectivity index (χ0n) is 33.1. The average Bonchev–Trinajstić information content (AvgIpc) is 2.91. The standard InChI is InChI=1S/C12H22.C11H15Cl.2C11H15F/c1-12(2,3)11-8-9-4-6-10(11)7-5-9;3*1-8-5-9(11(2,3)4)7-10(12)6-8/h9-11H,4-8H2,1-3H3;3*5-7H,1-4H3. The Bertz CT molecular complexity index is 1240. The smallest absolute Gasteiger partial charge is 0.123 e. The number of aryl methyl sites for hydroxylation is 3. The molecule has 1 unspecified atom stereocenters. The van der Waals surface area contributed by atoms with Gasteiger partial charge in [-0.2, -0.15) is 0 Å². The highest BCUT2D eigenvalue weighted by atomic mass is 35.5. The van der Waals surface area contributed by atoms with Gasteiger partial charge in [-0.15, -0.1) is 0 Å². The summed E-state index contributed by atoms with van der Waals surface area (Å²) in [5, 5.41) is 0.833. The predicted molar refractivity (Wildman–Crippen MR) is 208 cm³/mol. The lowest BCUT2D eigenvalue weighted by Crippen LogP contribution is -2.38. The fourth-order valence-electron chi connectivity index (χ4n) is 6.95. The van der Waals surface area contributed by atoms with Crippen molar-refractivity contribution in [2.24, 2.45) is 23.2 Å². The molecule has 3 aromatic rings. The molecular weight excluding hydrogens is 614 g/mol. The molecule has 3 aromatic carbocycles. The second kappa shape index (κ2) is 16.7. The fraction of sp³-hybridized carbons (Fsp3) is 0.600. The molecule has 0 heterocycles. The van der Waals surface area contributed by atoms with Crippen LogP contribution in [0.25, 0.3) is 0 Å². The first-order valence-corrected chi connectivity index (χ1v) is 18.5. The molecule has 0 aliphatic heterocycles. The van der Waals surface area contributed by atoms with Gasteiger partial charge in [-0.05, 0) is 149 Å². The van der Waals surface area contributed by atoms with E-state index in [1.807, 2.05) is 38.1 Å². The summed E-state index contributed by atoms with van der Waals surface area (Å²) in [5.41, 5.74) is 7.44. The molecule has 0 aromatic heterocycles. The Labute approximate surface area is 299 Å². The van der Waals surface area contributed by atoms with E-state index in [0.717, 1.165) is 45.0 Å². The summed E-state index contributed by atoms with van der Waals surface area (Å²) in [5.74, 6) is 2.93. The number of rotatable bonds is 0. The molecule has 3 saturated carbocycles. The number of benzene rings is 3. The molecule has 2 bridgehead atoms. The first kappa shape index (κ1) is 42.0. The van der Waals surface area contributed by atoms with Crippen LogP contribution in [0.15, 0.2) is 54.6 Å². The third-order valence-corrected chi connectivity index (χ3v) is 10.1. The molecular formula is C45H67ClF2. The lowest BCUT2D eigenvalue weighted by molar-refractivity contribution is 0.0250. The average molecular weight is 681 g/mol. The molecule has 1 atom stereocenters. The highest BCUT2D eigenvalue weighted by Gasteiger charge is 2.40. The van der Waals surface area contributed by atoms with E-state index in [1.165, 1.54) is 43.2 Å². The van der Waals surface area contributed by atoms with E-state index in [0.29, 0.717) is 5.41 Å². The molecule has 0 saturated heterocycles. The monoisotopic (exact) mass is 680 g/mol. The van der Waals surface area contributed by atoms with Crippen molar-refractivity contribution >= 4 is 11.6 Å². The van der Waals surface area contributed by atoms with Crippen molar-refractivity contribution < 1.29 is 8.78 Å². The largest absolute Gasteiger partial charge is 0.207 e. The van der Waals surface area contributed by atoms with Crippen molar-refractivity contribution in [3.05, 3.63) is 105 Å². The Morgan fingerprint density at radius 3 is 1.10 bits per heavy atom. The Morgan fingerprint density at radius 1 is 0.500 bits per heavy atom. The van der Waals surface area contributed by atoms with E-state index in [-0.39, 0.29) is 27.9 Å². The third-order valence-electron chi connectivity index (χ3n) is 9.88. The summed E-state index contributed by atoms with van der Waals surface area (Å²) in [7, 11) is 0. The molecule has 3 heteroatoms. The molecule has 48 heavy (non-hydrogen) atoms. The topological polar surface area (TPSA) is 0 Å². The van der Waals surface area contributed by atoms with Gasteiger partial charge in [-0.25, -0.2) is 8.78 Å². The summed E-state index contributed by atoms with van der Waals surface area (Å²) >= 11 is 5.96. The van der Waals surface area contributed by atoms with Crippen LogP contribution in [0.1, 0.15) is 149 Å². The van der Waals surface area contributed by atoms with Gasteiger partial charge in [-0.3, -0.25) is 0 Å². The van der Waals surface area contributed by atoms with Gasteiger partial charge >= 0.3 is 0 Å². The van der Waals surface area contributed by atoms with Gasteiger partial charge in [0.05, 0.1) is 0 Å². The molecule has 0 amide bonds. The summed E-state index contributed by atoms with van der Waals surface area (Å²) in [6.07, 6.45) is 7.68. The fourth-order valence-corrected chi connectivity index (χ4v) is 7.24. The van der Waals surface area contributed by atoms with Gasteiger partial charge in [-0.1, -0.05) is 126 Å². The van der Waals surface area contributed by atoms with E-state index >= 15 is 0 Å². The van der Waals surface area contributed by atoms with Crippen molar-refractivity contribution in [1.29, 1.82) is 0 Å². The van der Waals surface area contributed by atoms with Crippen LogP contribution in [0.3, 0.4) is 0 Å². The Kier molecular flexibility index (Phi) is 14.6. The Hall–Kier alpha value is -2.19.